The first-order valence-electron chi connectivity index (χ1n) is 4.61. The van der Waals surface area contributed by atoms with Crippen LogP contribution in [0.1, 0.15) is 24.1 Å². The fourth-order valence-electron chi connectivity index (χ4n) is 1.51. The third-order valence-electron chi connectivity index (χ3n) is 2.40. The van der Waals surface area contributed by atoms with E-state index in [9.17, 15) is 0 Å². The first kappa shape index (κ1) is 8.81. The summed E-state index contributed by atoms with van der Waals surface area (Å²) in [6.07, 6.45) is 3.53. The van der Waals surface area contributed by atoms with Gasteiger partial charge in [-0.15, -0.1) is 0 Å². The number of nitrogen functional groups attached to an aromatic ring is 1. The molecule has 1 unspecified atom stereocenters. The molecule has 0 amide bonds. The quantitative estimate of drug-likeness (QED) is 0.708. The lowest BCUT2D eigenvalue weighted by Crippen LogP contribution is -1.97. The number of aromatic nitrogens is 2. The summed E-state index contributed by atoms with van der Waals surface area (Å²) in [5, 5.41) is 0. The Hall–Kier alpha value is -1.77. The van der Waals surface area contributed by atoms with Crippen LogP contribution in [0.15, 0.2) is 36.8 Å². The van der Waals surface area contributed by atoms with Crippen LogP contribution in [-0.2, 0) is 0 Å². The zero-order chi connectivity index (χ0) is 9.97. The number of benzene rings is 1. The summed E-state index contributed by atoms with van der Waals surface area (Å²) in [7, 11) is 0. The Kier molecular flexibility index (Phi) is 2.23. The smallest absolute Gasteiger partial charge is 0.0921 e. The predicted molar refractivity (Wildman–Crippen MR) is 57.0 cm³/mol. The summed E-state index contributed by atoms with van der Waals surface area (Å²) >= 11 is 0. The van der Waals surface area contributed by atoms with Crippen LogP contribution in [0, 0.1) is 0 Å². The molecule has 0 aliphatic carbocycles. The van der Waals surface area contributed by atoms with E-state index in [2.05, 4.69) is 23.0 Å². The van der Waals surface area contributed by atoms with Gasteiger partial charge < -0.3 is 10.7 Å². The van der Waals surface area contributed by atoms with Gasteiger partial charge in [-0.05, 0) is 17.7 Å². The van der Waals surface area contributed by atoms with Gasteiger partial charge >= 0.3 is 0 Å². The number of H-pyrrole nitrogens is 1. The van der Waals surface area contributed by atoms with Gasteiger partial charge in [-0.1, -0.05) is 19.1 Å². The average Bonchev–Trinajstić information content (AvgIpc) is 2.69. The summed E-state index contributed by atoms with van der Waals surface area (Å²) in [6, 6.07) is 7.92. The lowest BCUT2D eigenvalue weighted by Gasteiger charge is -2.09. The third-order valence-corrected chi connectivity index (χ3v) is 2.40. The molecule has 3 N–H and O–H groups in total. The molecule has 72 valence electrons. The Balaban J connectivity index is 2.32. The Bertz CT molecular complexity index is 406. The molecule has 14 heavy (non-hydrogen) atoms. The van der Waals surface area contributed by atoms with Crippen molar-refractivity contribution in [2.24, 2.45) is 0 Å². The van der Waals surface area contributed by atoms with E-state index in [1.54, 1.807) is 6.33 Å². The van der Waals surface area contributed by atoms with E-state index in [-0.39, 0.29) is 0 Å². The molecule has 0 saturated carbocycles. The summed E-state index contributed by atoms with van der Waals surface area (Å²) in [6.45, 7) is 2.13. The number of nitrogens with one attached hydrogen (secondary N) is 1. The van der Waals surface area contributed by atoms with E-state index in [1.165, 1.54) is 5.56 Å². The van der Waals surface area contributed by atoms with Gasteiger partial charge in [0.1, 0.15) is 0 Å². The second kappa shape index (κ2) is 3.54. The molecular weight excluding hydrogens is 174 g/mol. The Morgan fingerprint density at radius 2 is 2.29 bits per heavy atom. The minimum absolute atomic E-state index is 0.306. The molecule has 0 bridgehead atoms. The van der Waals surface area contributed by atoms with E-state index in [0.29, 0.717) is 5.92 Å². The number of rotatable bonds is 2. The molecule has 0 radical (unpaired) electrons. The number of nitrogens with zero attached hydrogens (tertiary/aromatic N) is 1. The van der Waals surface area contributed by atoms with Crippen LogP contribution in [0.3, 0.4) is 0 Å². The van der Waals surface area contributed by atoms with Gasteiger partial charge in [0.05, 0.1) is 6.33 Å². The van der Waals surface area contributed by atoms with Crippen LogP contribution < -0.4 is 5.73 Å². The highest BCUT2D eigenvalue weighted by atomic mass is 14.9. The molecular formula is C11H13N3. The molecule has 3 heteroatoms. The molecule has 1 aromatic carbocycles. The lowest BCUT2D eigenvalue weighted by atomic mass is 9.98. The maximum Gasteiger partial charge on any atom is 0.0921 e. The zero-order valence-electron chi connectivity index (χ0n) is 8.07. The highest BCUT2D eigenvalue weighted by molar-refractivity contribution is 5.43. The van der Waals surface area contributed by atoms with E-state index in [0.717, 1.165) is 11.4 Å². The van der Waals surface area contributed by atoms with Gasteiger partial charge in [0.2, 0.25) is 0 Å². The largest absolute Gasteiger partial charge is 0.399 e. The molecule has 0 spiro atoms. The van der Waals surface area contributed by atoms with Gasteiger partial charge in [0.15, 0.2) is 0 Å². The number of hydrogen-bond acceptors (Lipinski definition) is 2. The van der Waals surface area contributed by atoms with E-state index < -0.39 is 0 Å². The number of hydrogen-bond donors (Lipinski definition) is 2. The molecule has 2 rings (SSSR count). The third kappa shape index (κ3) is 1.62. The minimum Gasteiger partial charge on any atom is -0.399 e. The van der Waals surface area contributed by atoms with Gasteiger partial charge in [-0.3, -0.25) is 0 Å². The van der Waals surface area contributed by atoms with Crippen LogP contribution in [-0.4, -0.2) is 9.97 Å². The second-order valence-corrected chi connectivity index (χ2v) is 3.40. The standard InChI is InChI=1S/C11H13N3/c1-8(11-6-13-7-14-11)9-3-2-4-10(12)5-9/h2-8H,12H2,1H3,(H,13,14). The summed E-state index contributed by atoms with van der Waals surface area (Å²) in [5.74, 6) is 0.306. The fraction of sp³-hybridized carbons (Fsp3) is 0.182. The minimum atomic E-state index is 0.306. The molecule has 1 aromatic heterocycles. The van der Waals surface area contributed by atoms with Crippen molar-refractivity contribution in [2.45, 2.75) is 12.8 Å². The van der Waals surface area contributed by atoms with Crippen LogP contribution in [0.2, 0.25) is 0 Å². The van der Waals surface area contributed by atoms with Crippen molar-refractivity contribution in [3.63, 3.8) is 0 Å². The van der Waals surface area contributed by atoms with Crippen molar-refractivity contribution in [3.05, 3.63) is 48.0 Å². The molecule has 1 heterocycles. The normalized spacial score (nSPS) is 12.6. The van der Waals surface area contributed by atoms with Crippen molar-refractivity contribution in [3.8, 4) is 0 Å². The SMILES string of the molecule is CC(c1cccc(N)c1)c1cnc[nH]1. The Labute approximate surface area is 83.0 Å². The van der Waals surface area contributed by atoms with Crippen LogP contribution in [0.25, 0.3) is 0 Å². The Morgan fingerprint density at radius 3 is 2.93 bits per heavy atom. The average molecular weight is 187 g/mol. The maximum atomic E-state index is 5.72. The summed E-state index contributed by atoms with van der Waals surface area (Å²) < 4.78 is 0. The van der Waals surface area contributed by atoms with Crippen molar-refractivity contribution in [2.75, 3.05) is 5.73 Å². The molecule has 3 nitrogen and oxygen atoms in total. The van der Waals surface area contributed by atoms with Crippen LogP contribution in [0.5, 0.6) is 0 Å². The van der Waals surface area contributed by atoms with Gasteiger partial charge in [0.25, 0.3) is 0 Å². The molecule has 0 saturated heterocycles. The monoisotopic (exact) mass is 187 g/mol. The summed E-state index contributed by atoms with van der Waals surface area (Å²) in [5.41, 5.74) is 8.83. The van der Waals surface area contributed by atoms with Crippen molar-refractivity contribution in [1.82, 2.24) is 9.97 Å². The highest BCUT2D eigenvalue weighted by Gasteiger charge is 2.08. The number of aromatic amines is 1. The number of anilines is 1. The molecule has 1 atom stereocenters. The van der Waals surface area contributed by atoms with Crippen molar-refractivity contribution >= 4 is 5.69 Å². The maximum absolute atomic E-state index is 5.72. The topological polar surface area (TPSA) is 54.7 Å². The predicted octanol–water partition coefficient (Wildman–Crippen LogP) is 2.14. The van der Waals surface area contributed by atoms with Gasteiger partial charge in [-0.2, -0.15) is 0 Å². The van der Waals surface area contributed by atoms with Gasteiger partial charge in [-0.25, -0.2) is 4.98 Å². The molecule has 0 aliphatic rings. The highest BCUT2D eigenvalue weighted by Crippen LogP contribution is 2.23. The van der Waals surface area contributed by atoms with E-state index in [1.807, 2.05) is 24.4 Å². The second-order valence-electron chi connectivity index (χ2n) is 3.40. The van der Waals surface area contributed by atoms with Crippen molar-refractivity contribution < 1.29 is 0 Å². The zero-order valence-corrected chi connectivity index (χ0v) is 8.07. The van der Waals surface area contributed by atoms with E-state index in [4.69, 9.17) is 5.73 Å². The van der Waals surface area contributed by atoms with Gasteiger partial charge in [0, 0.05) is 23.5 Å². The molecule has 0 aliphatic heterocycles. The fourth-order valence-corrected chi connectivity index (χ4v) is 1.51. The molecule has 2 aromatic rings. The van der Waals surface area contributed by atoms with Crippen LogP contribution >= 0.6 is 0 Å². The molecule has 0 fully saturated rings. The first-order valence-corrected chi connectivity index (χ1v) is 4.61. The number of imidazole rings is 1. The number of nitrogens with two attached hydrogens (primary N) is 1. The lowest BCUT2D eigenvalue weighted by molar-refractivity contribution is 0.884. The first-order chi connectivity index (χ1) is 6.77. The summed E-state index contributed by atoms with van der Waals surface area (Å²) in [4.78, 5) is 7.11. The Morgan fingerprint density at radius 1 is 1.43 bits per heavy atom. The van der Waals surface area contributed by atoms with Crippen LogP contribution in [0.4, 0.5) is 5.69 Å². The van der Waals surface area contributed by atoms with E-state index >= 15 is 0 Å². The van der Waals surface area contributed by atoms with Crippen molar-refractivity contribution in [1.29, 1.82) is 0 Å².